The van der Waals surface area contributed by atoms with Gasteiger partial charge in [0, 0.05) is 6.07 Å². The minimum atomic E-state index is -0.138. The molecule has 0 amide bonds. The van der Waals surface area contributed by atoms with Gasteiger partial charge in [-0.25, -0.2) is 4.98 Å². The molecule has 0 atom stereocenters. The third-order valence-corrected chi connectivity index (χ3v) is 2.16. The Morgan fingerprint density at radius 2 is 2.06 bits per heavy atom. The van der Waals surface area contributed by atoms with Crippen molar-refractivity contribution < 1.29 is 0 Å². The van der Waals surface area contributed by atoms with Crippen LogP contribution < -0.4 is 5.56 Å². The zero-order chi connectivity index (χ0) is 11.5. The molecule has 84 valence electrons. The molecule has 0 saturated carbocycles. The van der Waals surface area contributed by atoms with Crippen LogP contribution in [0.25, 0.3) is 0 Å². The molecule has 16 heavy (non-hydrogen) atoms. The van der Waals surface area contributed by atoms with E-state index in [-0.39, 0.29) is 11.5 Å². The van der Waals surface area contributed by atoms with Crippen LogP contribution in [-0.4, -0.2) is 25.0 Å². The summed E-state index contributed by atoms with van der Waals surface area (Å²) >= 11 is 0. The normalized spacial score (nSPS) is 10.9. The van der Waals surface area contributed by atoms with Crippen molar-refractivity contribution in [3.05, 3.63) is 40.3 Å². The molecule has 2 aromatic rings. The summed E-state index contributed by atoms with van der Waals surface area (Å²) in [6.45, 7) is 4.37. The third-order valence-electron chi connectivity index (χ3n) is 2.16. The number of aromatic nitrogens is 5. The second kappa shape index (κ2) is 4.26. The van der Waals surface area contributed by atoms with Gasteiger partial charge in [0.15, 0.2) is 0 Å². The van der Waals surface area contributed by atoms with Gasteiger partial charge in [0.2, 0.25) is 0 Å². The van der Waals surface area contributed by atoms with Crippen LogP contribution in [0.5, 0.6) is 0 Å². The number of rotatable bonds is 3. The standard InChI is InChI=1S/C10H13N5O/c1-7(2)8-5-10(16)14-9(13-8)6-15-11-3-4-12-15/h3-5,7H,6H2,1-2H3,(H,13,14,16). The molecule has 0 aliphatic heterocycles. The van der Waals surface area contributed by atoms with E-state index in [2.05, 4.69) is 20.2 Å². The fourth-order valence-corrected chi connectivity index (χ4v) is 1.36. The highest BCUT2D eigenvalue weighted by Crippen LogP contribution is 2.08. The molecule has 6 heteroatoms. The zero-order valence-electron chi connectivity index (χ0n) is 9.21. The second-order valence-corrected chi connectivity index (χ2v) is 3.83. The molecular weight excluding hydrogens is 206 g/mol. The van der Waals surface area contributed by atoms with E-state index in [0.717, 1.165) is 5.69 Å². The van der Waals surface area contributed by atoms with Crippen molar-refractivity contribution in [2.24, 2.45) is 0 Å². The summed E-state index contributed by atoms with van der Waals surface area (Å²) in [5.74, 6) is 0.805. The third kappa shape index (κ3) is 2.33. The van der Waals surface area contributed by atoms with Crippen LogP contribution in [0.15, 0.2) is 23.3 Å². The van der Waals surface area contributed by atoms with E-state index in [4.69, 9.17) is 0 Å². The van der Waals surface area contributed by atoms with Gasteiger partial charge < -0.3 is 4.98 Å². The van der Waals surface area contributed by atoms with Gasteiger partial charge in [-0.2, -0.15) is 15.0 Å². The van der Waals surface area contributed by atoms with E-state index < -0.39 is 0 Å². The molecule has 0 fully saturated rings. The zero-order valence-corrected chi connectivity index (χ0v) is 9.21. The molecule has 0 unspecified atom stereocenters. The number of nitrogens with one attached hydrogen (secondary N) is 1. The molecule has 0 bridgehead atoms. The maximum Gasteiger partial charge on any atom is 0.251 e. The molecule has 0 radical (unpaired) electrons. The van der Waals surface area contributed by atoms with E-state index in [9.17, 15) is 4.79 Å². The molecule has 0 aromatic carbocycles. The van der Waals surface area contributed by atoms with Crippen LogP contribution in [0.2, 0.25) is 0 Å². The Morgan fingerprint density at radius 3 is 2.69 bits per heavy atom. The molecule has 0 aliphatic rings. The van der Waals surface area contributed by atoms with Crippen molar-refractivity contribution in [3.8, 4) is 0 Å². The van der Waals surface area contributed by atoms with Crippen LogP contribution in [0.4, 0.5) is 0 Å². The van der Waals surface area contributed by atoms with Crippen molar-refractivity contribution >= 4 is 0 Å². The molecule has 0 spiro atoms. The lowest BCUT2D eigenvalue weighted by Gasteiger charge is -2.06. The summed E-state index contributed by atoms with van der Waals surface area (Å²) < 4.78 is 0. The molecule has 6 nitrogen and oxygen atoms in total. The number of nitrogens with zero attached hydrogens (tertiary/aromatic N) is 4. The maximum absolute atomic E-state index is 11.4. The van der Waals surface area contributed by atoms with E-state index in [1.165, 1.54) is 10.9 Å². The highest BCUT2D eigenvalue weighted by Gasteiger charge is 2.06. The first kappa shape index (κ1) is 10.5. The quantitative estimate of drug-likeness (QED) is 0.817. The van der Waals surface area contributed by atoms with Gasteiger partial charge in [0.25, 0.3) is 5.56 Å². The topological polar surface area (TPSA) is 76.5 Å². The highest BCUT2D eigenvalue weighted by atomic mass is 16.1. The van der Waals surface area contributed by atoms with Crippen molar-refractivity contribution in [2.45, 2.75) is 26.3 Å². The largest absolute Gasteiger partial charge is 0.309 e. The van der Waals surface area contributed by atoms with Gasteiger partial charge in [-0.05, 0) is 5.92 Å². The molecule has 2 heterocycles. The fraction of sp³-hybridized carbons (Fsp3) is 0.400. The van der Waals surface area contributed by atoms with Gasteiger partial charge in [0.05, 0.1) is 18.1 Å². The molecule has 2 rings (SSSR count). The van der Waals surface area contributed by atoms with E-state index >= 15 is 0 Å². The Bertz CT molecular complexity index is 514. The van der Waals surface area contributed by atoms with Gasteiger partial charge in [0.1, 0.15) is 12.4 Å². The SMILES string of the molecule is CC(C)c1cc(=O)[nH]c(Cn2nccn2)n1. The van der Waals surface area contributed by atoms with Crippen molar-refractivity contribution in [3.63, 3.8) is 0 Å². The van der Waals surface area contributed by atoms with Crippen molar-refractivity contribution in [1.82, 2.24) is 25.0 Å². The summed E-state index contributed by atoms with van der Waals surface area (Å²) in [5, 5.41) is 7.92. The predicted molar refractivity (Wildman–Crippen MR) is 58.1 cm³/mol. The Labute approximate surface area is 92.3 Å². The lowest BCUT2D eigenvalue weighted by atomic mass is 10.1. The van der Waals surface area contributed by atoms with Crippen LogP contribution >= 0.6 is 0 Å². The lowest BCUT2D eigenvalue weighted by Crippen LogP contribution is -2.16. The second-order valence-electron chi connectivity index (χ2n) is 3.83. The molecule has 0 saturated heterocycles. The van der Waals surface area contributed by atoms with Crippen molar-refractivity contribution in [2.75, 3.05) is 0 Å². The van der Waals surface area contributed by atoms with Crippen molar-refractivity contribution in [1.29, 1.82) is 0 Å². The minimum Gasteiger partial charge on any atom is -0.309 e. The monoisotopic (exact) mass is 219 g/mol. The van der Waals surface area contributed by atoms with Crippen LogP contribution in [-0.2, 0) is 6.54 Å². The molecular formula is C10H13N5O. The lowest BCUT2D eigenvalue weighted by molar-refractivity contribution is 0.565. The number of hydrogen-bond acceptors (Lipinski definition) is 4. The number of hydrogen-bond donors (Lipinski definition) is 1. The molecule has 1 N–H and O–H groups in total. The van der Waals surface area contributed by atoms with E-state index in [0.29, 0.717) is 12.4 Å². The summed E-state index contributed by atoms with van der Waals surface area (Å²) in [6.07, 6.45) is 3.18. The van der Waals surface area contributed by atoms with Gasteiger partial charge in [-0.15, -0.1) is 0 Å². The smallest absolute Gasteiger partial charge is 0.251 e. The molecule has 2 aromatic heterocycles. The summed E-state index contributed by atoms with van der Waals surface area (Å²) in [6, 6.07) is 1.52. The first-order chi connectivity index (χ1) is 7.65. The van der Waals surface area contributed by atoms with E-state index in [1.54, 1.807) is 12.4 Å². The summed E-state index contributed by atoms with van der Waals surface area (Å²) in [5.41, 5.74) is 0.645. The average molecular weight is 219 g/mol. The number of aromatic amines is 1. The highest BCUT2D eigenvalue weighted by molar-refractivity contribution is 5.06. The average Bonchev–Trinajstić information content (AvgIpc) is 2.69. The van der Waals surface area contributed by atoms with Crippen LogP contribution in [0, 0.1) is 0 Å². The van der Waals surface area contributed by atoms with Crippen LogP contribution in [0.1, 0.15) is 31.3 Å². The fourth-order valence-electron chi connectivity index (χ4n) is 1.36. The van der Waals surface area contributed by atoms with Crippen LogP contribution in [0.3, 0.4) is 0 Å². The number of H-pyrrole nitrogens is 1. The van der Waals surface area contributed by atoms with Gasteiger partial charge >= 0.3 is 0 Å². The van der Waals surface area contributed by atoms with E-state index in [1.807, 2.05) is 13.8 Å². The van der Waals surface area contributed by atoms with Gasteiger partial charge in [-0.1, -0.05) is 13.8 Å². The Morgan fingerprint density at radius 1 is 1.38 bits per heavy atom. The Balaban J connectivity index is 2.31. The summed E-state index contributed by atoms with van der Waals surface area (Å²) in [7, 11) is 0. The first-order valence-electron chi connectivity index (χ1n) is 5.09. The Hall–Kier alpha value is -1.98. The maximum atomic E-state index is 11.4. The summed E-state index contributed by atoms with van der Waals surface area (Å²) in [4.78, 5) is 19.9. The van der Waals surface area contributed by atoms with Gasteiger partial charge in [-0.3, -0.25) is 4.79 Å². The minimum absolute atomic E-state index is 0.138. The Kier molecular flexibility index (Phi) is 2.80. The molecule has 0 aliphatic carbocycles. The first-order valence-corrected chi connectivity index (χ1v) is 5.09. The predicted octanol–water partition coefficient (Wildman–Crippen LogP) is 0.533.